The molecule has 0 saturated carbocycles. The summed E-state index contributed by atoms with van der Waals surface area (Å²) < 4.78 is 0. The van der Waals surface area contributed by atoms with E-state index in [0.29, 0.717) is 17.3 Å². The smallest absolute Gasteiger partial charge is 0.115 e. The van der Waals surface area contributed by atoms with E-state index in [9.17, 15) is 5.11 Å². The highest BCUT2D eigenvalue weighted by molar-refractivity contribution is 6.31. The van der Waals surface area contributed by atoms with Crippen LogP contribution in [0.2, 0.25) is 5.02 Å². The van der Waals surface area contributed by atoms with Crippen molar-refractivity contribution in [3.8, 4) is 5.75 Å². The fourth-order valence-electron chi connectivity index (χ4n) is 1.86. The Bertz CT molecular complexity index is 557. The predicted molar refractivity (Wildman–Crippen MR) is 76.1 cm³/mol. The fraction of sp³-hybridized carbons (Fsp3) is 0.143. The zero-order chi connectivity index (χ0) is 13.1. The van der Waals surface area contributed by atoms with Crippen LogP contribution in [0, 0.1) is 0 Å². The number of phenolic OH excluding ortho intramolecular Hbond substituents is 1. The van der Waals surface area contributed by atoms with Gasteiger partial charge >= 0.3 is 0 Å². The first kappa shape index (κ1) is 12.6. The minimum atomic E-state index is 0.264. The number of rotatable bonds is 3. The molecule has 0 spiro atoms. The number of benzene rings is 2. The largest absolute Gasteiger partial charge is 0.508 e. The van der Waals surface area contributed by atoms with Crippen molar-refractivity contribution in [1.29, 1.82) is 0 Å². The van der Waals surface area contributed by atoms with E-state index in [-0.39, 0.29) is 5.75 Å². The van der Waals surface area contributed by atoms with E-state index in [1.807, 2.05) is 30.1 Å². The molecule has 2 rings (SSSR count). The Balaban J connectivity index is 2.21. The van der Waals surface area contributed by atoms with Gasteiger partial charge in [-0.3, -0.25) is 0 Å². The summed E-state index contributed by atoms with van der Waals surface area (Å²) in [5, 5.41) is 10.1. The van der Waals surface area contributed by atoms with E-state index in [0.717, 1.165) is 11.3 Å². The van der Waals surface area contributed by atoms with Crippen LogP contribution in [0.4, 0.5) is 11.4 Å². The van der Waals surface area contributed by atoms with Crippen molar-refractivity contribution in [1.82, 2.24) is 0 Å². The molecule has 0 heterocycles. The van der Waals surface area contributed by atoms with Gasteiger partial charge in [0.2, 0.25) is 0 Å². The van der Waals surface area contributed by atoms with Crippen LogP contribution in [-0.2, 0) is 6.54 Å². The lowest BCUT2D eigenvalue weighted by atomic mass is 10.2. The molecule has 18 heavy (non-hydrogen) atoms. The second-order valence-corrected chi connectivity index (χ2v) is 4.67. The van der Waals surface area contributed by atoms with Crippen LogP contribution in [-0.4, -0.2) is 12.2 Å². The second kappa shape index (κ2) is 5.19. The Morgan fingerprint density at radius 1 is 1.22 bits per heavy atom. The summed E-state index contributed by atoms with van der Waals surface area (Å²) in [7, 11) is 1.94. The molecule has 3 nitrogen and oxygen atoms in total. The van der Waals surface area contributed by atoms with Gasteiger partial charge in [-0.25, -0.2) is 0 Å². The predicted octanol–water partition coefficient (Wildman–Crippen LogP) is 3.26. The van der Waals surface area contributed by atoms with Gasteiger partial charge < -0.3 is 15.7 Å². The molecule has 0 aliphatic rings. The van der Waals surface area contributed by atoms with Gasteiger partial charge in [0.25, 0.3) is 0 Å². The molecule has 2 aromatic rings. The van der Waals surface area contributed by atoms with Crippen molar-refractivity contribution in [2.75, 3.05) is 17.7 Å². The van der Waals surface area contributed by atoms with Gasteiger partial charge in [-0.05, 0) is 35.9 Å². The molecule has 0 unspecified atom stereocenters. The Hall–Kier alpha value is -1.87. The SMILES string of the molecule is CN(Cc1cccc(O)c1)c1cc(Cl)ccc1N. The summed E-state index contributed by atoms with van der Waals surface area (Å²) in [4.78, 5) is 2.00. The average molecular weight is 263 g/mol. The van der Waals surface area contributed by atoms with Crippen LogP contribution in [0.15, 0.2) is 42.5 Å². The van der Waals surface area contributed by atoms with E-state index >= 15 is 0 Å². The highest BCUT2D eigenvalue weighted by Crippen LogP contribution is 2.27. The lowest BCUT2D eigenvalue weighted by molar-refractivity contribution is 0.474. The fourth-order valence-corrected chi connectivity index (χ4v) is 2.03. The van der Waals surface area contributed by atoms with Crippen LogP contribution < -0.4 is 10.6 Å². The number of nitrogens with zero attached hydrogens (tertiary/aromatic N) is 1. The molecule has 4 heteroatoms. The molecule has 0 fully saturated rings. The summed E-state index contributed by atoms with van der Waals surface area (Å²) >= 11 is 5.97. The van der Waals surface area contributed by atoms with E-state index in [2.05, 4.69) is 0 Å². The maximum atomic E-state index is 9.43. The van der Waals surface area contributed by atoms with Gasteiger partial charge in [-0.2, -0.15) is 0 Å². The maximum Gasteiger partial charge on any atom is 0.115 e. The van der Waals surface area contributed by atoms with Crippen molar-refractivity contribution < 1.29 is 5.11 Å². The van der Waals surface area contributed by atoms with Crippen molar-refractivity contribution in [3.05, 3.63) is 53.1 Å². The maximum absolute atomic E-state index is 9.43. The molecular formula is C14H15ClN2O. The first-order valence-electron chi connectivity index (χ1n) is 5.60. The lowest BCUT2D eigenvalue weighted by Crippen LogP contribution is -2.17. The first-order valence-corrected chi connectivity index (χ1v) is 5.98. The van der Waals surface area contributed by atoms with Crippen LogP contribution in [0.5, 0.6) is 5.75 Å². The molecule has 2 aromatic carbocycles. The Morgan fingerprint density at radius 2 is 2.00 bits per heavy atom. The van der Waals surface area contributed by atoms with Gasteiger partial charge in [0.15, 0.2) is 0 Å². The highest BCUT2D eigenvalue weighted by Gasteiger charge is 2.07. The van der Waals surface area contributed by atoms with Crippen LogP contribution >= 0.6 is 11.6 Å². The number of aromatic hydroxyl groups is 1. The van der Waals surface area contributed by atoms with Crippen molar-refractivity contribution >= 4 is 23.0 Å². The van der Waals surface area contributed by atoms with Crippen molar-refractivity contribution in [3.63, 3.8) is 0 Å². The third-order valence-electron chi connectivity index (χ3n) is 2.73. The van der Waals surface area contributed by atoms with E-state index in [1.165, 1.54) is 0 Å². The summed E-state index contributed by atoms with van der Waals surface area (Å²) in [6.45, 7) is 0.652. The van der Waals surface area contributed by atoms with Crippen LogP contribution in [0.1, 0.15) is 5.56 Å². The molecule has 0 aliphatic heterocycles. The summed E-state index contributed by atoms with van der Waals surface area (Å²) in [5.74, 6) is 0.264. The lowest BCUT2D eigenvalue weighted by Gasteiger charge is -2.21. The van der Waals surface area contributed by atoms with Crippen molar-refractivity contribution in [2.45, 2.75) is 6.54 Å². The molecule has 3 N–H and O–H groups in total. The third-order valence-corrected chi connectivity index (χ3v) is 2.97. The molecule has 0 bridgehead atoms. The number of hydrogen-bond acceptors (Lipinski definition) is 3. The first-order chi connectivity index (χ1) is 8.56. The van der Waals surface area contributed by atoms with Crippen LogP contribution in [0.3, 0.4) is 0 Å². The quantitative estimate of drug-likeness (QED) is 0.835. The van der Waals surface area contributed by atoms with Gasteiger partial charge in [0.05, 0.1) is 11.4 Å². The normalized spacial score (nSPS) is 10.3. The van der Waals surface area contributed by atoms with Gasteiger partial charge in [0.1, 0.15) is 5.75 Å². The molecule has 0 aliphatic carbocycles. The Morgan fingerprint density at radius 3 is 2.72 bits per heavy atom. The van der Waals surface area contributed by atoms with E-state index in [4.69, 9.17) is 17.3 Å². The van der Waals surface area contributed by atoms with Crippen LogP contribution in [0.25, 0.3) is 0 Å². The van der Waals surface area contributed by atoms with Gasteiger partial charge in [-0.1, -0.05) is 23.7 Å². The molecule has 0 radical (unpaired) electrons. The standard InChI is InChI=1S/C14H15ClN2O/c1-17(9-10-3-2-4-12(18)7-10)14-8-11(15)5-6-13(14)16/h2-8,18H,9,16H2,1H3. The third kappa shape index (κ3) is 2.87. The molecule has 0 aromatic heterocycles. The molecule has 0 amide bonds. The number of nitrogens with two attached hydrogens (primary N) is 1. The van der Waals surface area contributed by atoms with E-state index in [1.54, 1.807) is 24.3 Å². The second-order valence-electron chi connectivity index (χ2n) is 4.23. The number of anilines is 2. The van der Waals surface area contributed by atoms with Gasteiger partial charge in [0, 0.05) is 18.6 Å². The Kier molecular flexibility index (Phi) is 3.63. The molecular weight excluding hydrogens is 248 g/mol. The van der Waals surface area contributed by atoms with Crippen molar-refractivity contribution in [2.24, 2.45) is 0 Å². The van der Waals surface area contributed by atoms with E-state index < -0.39 is 0 Å². The zero-order valence-electron chi connectivity index (χ0n) is 10.1. The zero-order valence-corrected chi connectivity index (χ0v) is 10.9. The number of phenols is 1. The summed E-state index contributed by atoms with van der Waals surface area (Å²) in [5.41, 5.74) is 8.50. The Labute approximate surface area is 111 Å². The summed E-state index contributed by atoms with van der Waals surface area (Å²) in [6, 6.07) is 12.5. The highest BCUT2D eigenvalue weighted by atomic mass is 35.5. The minimum absolute atomic E-state index is 0.264. The monoisotopic (exact) mass is 262 g/mol. The van der Waals surface area contributed by atoms with Gasteiger partial charge in [-0.15, -0.1) is 0 Å². The topological polar surface area (TPSA) is 49.5 Å². The number of hydrogen-bond donors (Lipinski definition) is 2. The number of halogens is 1. The summed E-state index contributed by atoms with van der Waals surface area (Å²) in [6.07, 6.45) is 0. The number of nitrogen functional groups attached to an aromatic ring is 1. The molecule has 0 atom stereocenters. The minimum Gasteiger partial charge on any atom is -0.508 e. The average Bonchev–Trinajstić information content (AvgIpc) is 2.32. The molecule has 94 valence electrons. The molecule has 0 saturated heterocycles.